The zero-order chi connectivity index (χ0) is 23.4. The van der Waals surface area contributed by atoms with Gasteiger partial charge in [-0.1, -0.05) is 42.5 Å². The molecule has 0 aliphatic carbocycles. The molecule has 1 saturated heterocycles. The molecule has 3 aromatic carbocycles. The van der Waals surface area contributed by atoms with Crippen LogP contribution in [0.4, 0.5) is 0 Å². The highest BCUT2D eigenvalue weighted by atomic mass is 16.5. The normalized spacial score (nSPS) is 14.6. The number of nitrogens with zero attached hydrogens (tertiary/aromatic N) is 2. The standard InChI is InChI=1S/C29H36N2O3/c1-30-17-19-31(20-18-30)16-6-10-25-9-5-11-29(23-25)33-22-21-32-27-12-14-28(15-13-27)34-24-26-7-3-2-4-8-26/h2-5,7-9,11-15,23H,6,10,16-22,24H2,1H3. The van der Waals surface area contributed by atoms with Crippen LogP contribution in [0.3, 0.4) is 0 Å². The Bertz CT molecular complexity index is 970. The minimum atomic E-state index is 0.498. The van der Waals surface area contributed by atoms with E-state index in [1.54, 1.807) is 0 Å². The summed E-state index contributed by atoms with van der Waals surface area (Å²) >= 11 is 0. The van der Waals surface area contributed by atoms with Gasteiger partial charge in [0.05, 0.1) is 0 Å². The molecule has 0 spiro atoms. The van der Waals surface area contributed by atoms with Crippen LogP contribution in [-0.2, 0) is 13.0 Å². The van der Waals surface area contributed by atoms with Crippen LogP contribution >= 0.6 is 0 Å². The van der Waals surface area contributed by atoms with Gasteiger partial charge in [-0.25, -0.2) is 0 Å². The van der Waals surface area contributed by atoms with Crippen molar-refractivity contribution in [2.75, 3.05) is 53.0 Å². The first-order valence-corrected chi connectivity index (χ1v) is 12.3. The topological polar surface area (TPSA) is 34.2 Å². The Balaban J connectivity index is 1.12. The van der Waals surface area contributed by atoms with Gasteiger partial charge >= 0.3 is 0 Å². The molecule has 5 heteroatoms. The van der Waals surface area contributed by atoms with E-state index in [4.69, 9.17) is 14.2 Å². The van der Waals surface area contributed by atoms with Crippen LogP contribution in [0.2, 0.25) is 0 Å². The molecule has 0 N–H and O–H groups in total. The number of ether oxygens (including phenoxy) is 3. The SMILES string of the molecule is CN1CCN(CCCc2cccc(OCCOc3ccc(OCc4ccccc4)cc3)c2)CC1. The largest absolute Gasteiger partial charge is 0.490 e. The highest BCUT2D eigenvalue weighted by Gasteiger charge is 2.12. The van der Waals surface area contributed by atoms with Crippen molar-refractivity contribution in [3.63, 3.8) is 0 Å². The lowest BCUT2D eigenvalue weighted by molar-refractivity contribution is 0.153. The number of likely N-dealkylation sites (N-methyl/N-ethyl adjacent to an activating group) is 1. The first kappa shape index (κ1) is 24.1. The van der Waals surface area contributed by atoms with Gasteiger partial charge in [0.1, 0.15) is 37.1 Å². The summed E-state index contributed by atoms with van der Waals surface area (Å²) in [7, 11) is 2.20. The number of benzene rings is 3. The van der Waals surface area contributed by atoms with Crippen molar-refractivity contribution in [1.29, 1.82) is 0 Å². The summed E-state index contributed by atoms with van der Waals surface area (Å²) in [5.74, 6) is 2.55. The summed E-state index contributed by atoms with van der Waals surface area (Å²) in [5, 5.41) is 0. The molecule has 0 saturated carbocycles. The fourth-order valence-corrected chi connectivity index (χ4v) is 4.06. The number of aryl methyl sites for hydroxylation is 1. The maximum absolute atomic E-state index is 5.92. The van der Waals surface area contributed by atoms with E-state index in [1.165, 1.54) is 44.7 Å². The Kier molecular flexibility index (Phi) is 9.23. The van der Waals surface area contributed by atoms with Crippen LogP contribution in [0.1, 0.15) is 17.5 Å². The molecule has 0 aromatic heterocycles. The summed E-state index contributed by atoms with van der Waals surface area (Å²) in [6.07, 6.45) is 2.26. The molecule has 3 aromatic rings. The van der Waals surface area contributed by atoms with Crippen LogP contribution in [-0.4, -0.2) is 62.8 Å². The molecule has 4 rings (SSSR count). The second kappa shape index (κ2) is 13.0. The Morgan fingerprint density at radius 2 is 1.29 bits per heavy atom. The lowest BCUT2D eigenvalue weighted by atomic mass is 10.1. The molecular formula is C29H36N2O3. The van der Waals surface area contributed by atoms with Gasteiger partial charge in [-0.2, -0.15) is 0 Å². The van der Waals surface area contributed by atoms with Crippen molar-refractivity contribution in [1.82, 2.24) is 9.80 Å². The third kappa shape index (κ3) is 8.08. The van der Waals surface area contributed by atoms with Gasteiger partial charge in [-0.3, -0.25) is 0 Å². The van der Waals surface area contributed by atoms with E-state index in [9.17, 15) is 0 Å². The molecule has 34 heavy (non-hydrogen) atoms. The number of piperazine rings is 1. The van der Waals surface area contributed by atoms with E-state index in [2.05, 4.69) is 47.2 Å². The van der Waals surface area contributed by atoms with Gasteiger partial charge in [0.15, 0.2) is 0 Å². The zero-order valence-corrected chi connectivity index (χ0v) is 20.2. The molecule has 1 heterocycles. The highest BCUT2D eigenvalue weighted by Crippen LogP contribution is 2.19. The molecule has 1 fully saturated rings. The number of hydrogen-bond donors (Lipinski definition) is 0. The van der Waals surface area contributed by atoms with Crippen molar-refractivity contribution in [3.8, 4) is 17.2 Å². The van der Waals surface area contributed by atoms with E-state index >= 15 is 0 Å². The van der Waals surface area contributed by atoms with E-state index in [-0.39, 0.29) is 0 Å². The average Bonchev–Trinajstić information content (AvgIpc) is 2.88. The van der Waals surface area contributed by atoms with E-state index in [0.717, 1.165) is 29.2 Å². The summed E-state index contributed by atoms with van der Waals surface area (Å²) in [4.78, 5) is 4.97. The molecule has 0 atom stereocenters. The molecule has 0 unspecified atom stereocenters. The van der Waals surface area contributed by atoms with E-state index in [1.807, 2.05) is 48.5 Å². The fourth-order valence-electron chi connectivity index (χ4n) is 4.06. The van der Waals surface area contributed by atoms with Crippen molar-refractivity contribution in [2.45, 2.75) is 19.4 Å². The number of rotatable bonds is 12. The molecule has 0 bridgehead atoms. The average molecular weight is 461 g/mol. The molecule has 0 radical (unpaired) electrons. The monoisotopic (exact) mass is 460 g/mol. The summed E-state index contributed by atoms with van der Waals surface area (Å²) in [6, 6.07) is 26.3. The summed E-state index contributed by atoms with van der Waals surface area (Å²) in [6.45, 7) is 7.46. The minimum Gasteiger partial charge on any atom is -0.490 e. The lowest BCUT2D eigenvalue weighted by Gasteiger charge is -2.32. The lowest BCUT2D eigenvalue weighted by Crippen LogP contribution is -2.44. The Hall–Kier alpha value is -3.02. The second-order valence-electron chi connectivity index (χ2n) is 8.84. The van der Waals surface area contributed by atoms with E-state index < -0.39 is 0 Å². The molecule has 5 nitrogen and oxygen atoms in total. The maximum atomic E-state index is 5.92. The van der Waals surface area contributed by atoms with Gasteiger partial charge in [0, 0.05) is 26.2 Å². The van der Waals surface area contributed by atoms with Crippen LogP contribution in [0.25, 0.3) is 0 Å². The van der Waals surface area contributed by atoms with Crippen LogP contribution < -0.4 is 14.2 Å². The molecule has 0 amide bonds. The second-order valence-corrected chi connectivity index (χ2v) is 8.84. The van der Waals surface area contributed by atoms with Gasteiger partial charge in [0.2, 0.25) is 0 Å². The zero-order valence-electron chi connectivity index (χ0n) is 20.2. The third-order valence-electron chi connectivity index (χ3n) is 6.13. The summed E-state index contributed by atoms with van der Waals surface area (Å²) < 4.78 is 17.6. The van der Waals surface area contributed by atoms with E-state index in [0.29, 0.717) is 19.8 Å². The van der Waals surface area contributed by atoms with Crippen molar-refractivity contribution in [3.05, 3.63) is 90.0 Å². The smallest absolute Gasteiger partial charge is 0.122 e. The maximum Gasteiger partial charge on any atom is 0.122 e. The van der Waals surface area contributed by atoms with Crippen molar-refractivity contribution >= 4 is 0 Å². The predicted octanol–water partition coefficient (Wildman–Crippen LogP) is 4.90. The first-order chi connectivity index (χ1) is 16.7. The molecular weight excluding hydrogens is 424 g/mol. The quantitative estimate of drug-likeness (QED) is 0.359. The first-order valence-electron chi connectivity index (χ1n) is 12.3. The van der Waals surface area contributed by atoms with Crippen LogP contribution in [0, 0.1) is 0 Å². The summed E-state index contributed by atoms with van der Waals surface area (Å²) in [5.41, 5.74) is 2.48. The Morgan fingerprint density at radius 1 is 0.647 bits per heavy atom. The number of hydrogen-bond acceptors (Lipinski definition) is 5. The van der Waals surface area contributed by atoms with Crippen LogP contribution in [0.5, 0.6) is 17.2 Å². The van der Waals surface area contributed by atoms with Gasteiger partial charge in [-0.15, -0.1) is 0 Å². The van der Waals surface area contributed by atoms with Crippen LogP contribution in [0.15, 0.2) is 78.9 Å². The predicted molar refractivity (Wildman–Crippen MR) is 137 cm³/mol. The highest BCUT2D eigenvalue weighted by molar-refractivity contribution is 5.32. The Morgan fingerprint density at radius 3 is 2.03 bits per heavy atom. The molecule has 1 aliphatic rings. The molecule has 1 aliphatic heterocycles. The third-order valence-corrected chi connectivity index (χ3v) is 6.13. The fraction of sp³-hybridized carbons (Fsp3) is 0.379. The van der Waals surface area contributed by atoms with Crippen molar-refractivity contribution in [2.24, 2.45) is 0 Å². The van der Waals surface area contributed by atoms with Gasteiger partial charge in [-0.05, 0) is 74.0 Å². The molecule has 180 valence electrons. The Labute approximate surface area is 203 Å². The minimum absolute atomic E-state index is 0.498. The van der Waals surface area contributed by atoms with Gasteiger partial charge in [0.25, 0.3) is 0 Å². The van der Waals surface area contributed by atoms with Crippen molar-refractivity contribution < 1.29 is 14.2 Å². The van der Waals surface area contributed by atoms with Gasteiger partial charge < -0.3 is 24.0 Å².